The molecule has 1 N–H and O–H groups in total. The van der Waals surface area contributed by atoms with Gasteiger partial charge in [0.15, 0.2) is 0 Å². The number of anilines is 1. The third-order valence-electron chi connectivity index (χ3n) is 7.95. The van der Waals surface area contributed by atoms with E-state index in [4.69, 9.17) is 4.74 Å². The van der Waals surface area contributed by atoms with Gasteiger partial charge < -0.3 is 24.5 Å². The van der Waals surface area contributed by atoms with Gasteiger partial charge in [0.1, 0.15) is 11.6 Å². The van der Waals surface area contributed by atoms with E-state index < -0.39 is 29.6 Å². The van der Waals surface area contributed by atoms with E-state index in [9.17, 15) is 19.5 Å². The van der Waals surface area contributed by atoms with Gasteiger partial charge in [-0.05, 0) is 43.9 Å². The van der Waals surface area contributed by atoms with E-state index in [1.54, 1.807) is 14.7 Å². The Morgan fingerprint density at radius 1 is 1.06 bits per heavy atom. The average molecular weight is 494 g/mol. The van der Waals surface area contributed by atoms with E-state index in [1.807, 2.05) is 63.3 Å². The zero-order valence-electron chi connectivity index (χ0n) is 21.2. The minimum absolute atomic E-state index is 0.0960. The molecule has 4 aliphatic heterocycles. The summed E-state index contributed by atoms with van der Waals surface area (Å²) >= 11 is 0. The van der Waals surface area contributed by atoms with Crippen LogP contribution in [0.3, 0.4) is 0 Å². The van der Waals surface area contributed by atoms with Crippen LogP contribution in [0, 0.1) is 25.7 Å². The van der Waals surface area contributed by atoms with Gasteiger partial charge in [0.05, 0.1) is 17.9 Å². The lowest BCUT2D eigenvalue weighted by Gasteiger charge is -2.35. The fourth-order valence-electron chi connectivity index (χ4n) is 6.37. The summed E-state index contributed by atoms with van der Waals surface area (Å²) in [6.07, 6.45) is 8.18. The third-order valence-corrected chi connectivity index (χ3v) is 7.95. The van der Waals surface area contributed by atoms with Crippen LogP contribution in [-0.4, -0.2) is 83.2 Å². The molecule has 8 heteroatoms. The summed E-state index contributed by atoms with van der Waals surface area (Å²) in [5, 5.41) is 9.54. The van der Waals surface area contributed by atoms with Crippen molar-refractivity contribution < 1.29 is 24.2 Å². The highest BCUT2D eigenvalue weighted by Crippen LogP contribution is 2.53. The first-order valence-corrected chi connectivity index (χ1v) is 12.9. The van der Waals surface area contributed by atoms with E-state index in [0.717, 1.165) is 23.2 Å². The first-order valence-electron chi connectivity index (χ1n) is 12.9. The summed E-state index contributed by atoms with van der Waals surface area (Å²) in [4.78, 5) is 47.1. The predicted octanol–water partition coefficient (Wildman–Crippen LogP) is 1.98. The Morgan fingerprint density at radius 3 is 2.61 bits per heavy atom. The van der Waals surface area contributed by atoms with Gasteiger partial charge in [0.2, 0.25) is 11.8 Å². The molecule has 3 amide bonds. The van der Waals surface area contributed by atoms with E-state index >= 15 is 0 Å². The maximum atomic E-state index is 14.3. The second-order valence-corrected chi connectivity index (χ2v) is 10.3. The van der Waals surface area contributed by atoms with Crippen LogP contribution in [0.2, 0.25) is 0 Å². The van der Waals surface area contributed by atoms with Crippen LogP contribution in [-0.2, 0) is 19.1 Å². The summed E-state index contributed by atoms with van der Waals surface area (Å²) in [5.41, 5.74) is 1.57. The van der Waals surface area contributed by atoms with Gasteiger partial charge in [0.25, 0.3) is 5.91 Å². The number of amides is 3. The number of benzene rings is 1. The summed E-state index contributed by atoms with van der Waals surface area (Å²) in [5.74, 6) is -2.04. The maximum Gasteiger partial charge on any atom is 0.253 e. The lowest BCUT2D eigenvalue weighted by Crippen LogP contribution is -2.55. The number of carbonyl (C=O) groups excluding carboxylic acids is 3. The van der Waals surface area contributed by atoms with E-state index in [-0.39, 0.29) is 30.9 Å². The van der Waals surface area contributed by atoms with Crippen LogP contribution in [0.15, 0.2) is 42.5 Å². The minimum Gasteiger partial charge on any atom is -0.396 e. The van der Waals surface area contributed by atoms with Crippen molar-refractivity contribution in [3.05, 3.63) is 53.6 Å². The lowest BCUT2D eigenvalue weighted by molar-refractivity contribution is -0.144. The Morgan fingerprint density at radius 2 is 1.86 bits per heavy atom. The number of hydrogen-bond acceptors (Lipinski definition) is 5. The number of ether oxygens (including phenoxy) is 1. The van der Waals surface area contributed by atoms with Crippen molar-refractivity contribution in [2.45, 2.75) is 51.4 Å². The molecule has 0 radical (unpaired) electrons. The first-order chi connectivity index (χ1) is 17.3. The Balaban J connectivity index is 1.61. The number of nitrogens with zero attached hydrogens (tertiary/aromatic N) is 3. The van der Waals surface area contributed by atoms with Gasteiger partial charge in [-0.15, -0.1) is 0 Å². The van der Waals surface area contributed by atoms with Crippen molar-refractivity contribution in [3.8, 4) is 0 Å². The molecule has 8 nitrogen and oxygen atoms in total. The Hall–Kier alpha value is -2.97. The van der Waals surface area contributed by atoms with Crippen LogP contribution in [0.4, 0.5) is 5.69 Å². The van der Waals surface area contributed by atoms with Crippen LogP contribution < -0.4 is 4.90 Å². The Kier molecular flexibility index (Phi) is 6.51. The summed E-state index contributed by atoms with van der Waals surface area (Å²) < 4.78 is 6.63. The number of aliphatic hydroxyl groups excluding tert-OH is 1. The molecule has 0 aliphatic carbocycles. The standard InChI is InChI=1S/C28H35N3O5/c1-4-12-29-13-5-8-21-22(25(29)33)23-26(34)31(15-7-16-32)24-27(35)30(14-6-11-28(23,24)36-21)20-17-18(2)9-10-19(20)3/h5-6,8-11,17,21-24,32H,4,7,12-16H2,1-3H3/t21-,22+,23-,24?,28-/m0/s1. The Bertz CT molecular complexity index is 1130. The molecule has 1 spiro atoms. The number of hydrogen-bond donors (Lipinski definition) is 1. The number of rotatable bonds is 6. The Labute approximate surface area is 212 Å². The minimum atomic E-state index is -1.24. The average Bonchev–Trinajstić information content (AvgIpc) is 3.17. The molecule has 1 unspecified atom stereocenters. The molecule has 2 fully saturated rings. The highest BCUT2D eigenvalue weighted by atomic mass is 16.5. The zero-order valence-corrected chi connectivity index (χ0v) is 21.2. The van der Waals surface area contributed by atoms with Crippen LogP contribution in [0.25, 0.3) is 0 Å². The quantitative estimate of drug-likeness (QED) is 0.612. The van der Waals surface area contributed by atoms with Crippen molar-refractivity contribution in [2.75, 3.05) is 37.7 Å². The van der Waals surface area contributed by atoms with Gasteiger partial charge >= 0.3 is 0 Å². The van der Waals surface area contributed by atoms with Gasteiger partial charge in [-0.1, -0.05) is 43.4 Å². The molecular weight excluding hydrogens is 458 g/mol. The van der Waals surface area contributed by atoms with Crippen LogP contribution in [0.5, 0.6) is 0 Å². The molecule has 1 aromatic carbocycles. The molecule has 0 bridgehead atoms. The molecule has 1 aromatic rings. The molecule has 4 heterocycles. The fraction of sp³-hybridized carbons (Fsp3) is 0.536. The summed E-state index contributed by atoms with van der Waals surface area (Å²) in [7, 11) is 0. The molecule has 36 heavy (non-hydrogen) atoms. The van der Waals surface area contributed by atoms with Gasteiger partial charge in [-0.2, -0.15) is 0 Å². The van der Waals surface area contributed by atoms with Crippen molar-refractivity contribution in [1.82, 2.24) is 9.80 Å². The van der Waals surface area contributed by atoms with Crippen molar-refractivity contribution in [3.63, 3.8) is 0 Å². The largest absolute Gasteiger partial charge is 0.396 e. The van der Waals surface area contributed by atoms with E-state index in [1.165, 1.54) is 0 Å². The smallest absolute Gasteiger partial charge is 0.253 e. The normalized spacial score (nSPS) is 31.4. The maximum absolute atomic E-state index is 14.3. The molecule has 4 aliphatic rings. The SMILES string of the molecule is CCCN1CC=C[C@@H]2O[C@]34C=CCN(c5cc(C)ccc5C)C(=O)C3N(CCCO)C(=O)[C@@H]4[C@@H]2C1=O. The van der Waals surface area contributed by atoms with Gasteiger partial charge in [0, 0.05) is 38.5 Å². The number of aryl methyl sites for hydroxylation is 2. The van der Waals surface area contributed by atoms with Gasteiger partial charge in [-0.3, -0.25) is 14.4 Å². The van der Waals surface area contributed by atoms with E-state index in [2.05, 4.69) is 0 Å². The highest BCUT2D eigenvalue weighted by Gasteiger charge is 2.71. The molecule has 0 saturated carbocycles. The number of carbonyl (C=O) groups is 3. The second kappa shape index (κ2) is 9.48. The predicted molar refractivity (Wildman–Crippen MR) is 135 cm³/mol. The molecule has 0 aromatic heterocycles. The van der Waals surface area contributed by atoms with Crippen molar-refractivity contribution in [1.29, 1.82) is 0 Å². The van der Waals surface area contributed by atoms with Crippen LogP contribution in [0.1, 0.15) is 30.9 Å². The number of aliphatic hydroxyl groups is 1. The molecule has 2 saturated heterocycles. The van der Waals surface area contributed by atoms with Crippen molar-refractivity contribution in [2.24, 2.45) is 11.8 Å². The highest BCUT2D eigenvalue weighted by molar-refractivity contribution is 6.06. The molecular formula is C28H35N3O5. The monoisotopic (exact) mass is 493 g/mol. The first kappa shape index (κ1) is 24.7. The molecule has 5 rings (SSSR count). The van der Waals surface area contributed by atoms with Gasteiger partial charge in [-0.25, -0.2) is 0 Å². The summed E-state index contributed by atoms with van der Waals surface area (Å²) in [6, 6.07) is 5.08. The fourth-order valence-corrected chi connectivity index (χ4v) is 6.37. The molecule has 192 valence electrons. The number of likely N-dealkylation sites (tertiary alicyclic amines) is 1. The topological polar surface area (TPSA) is 90.4 Å². The van der Waals surface area contributed by atoms with Crippen LogP contribution >= 0.6 is 0 Å². The van der Waals surface area contributed by atoms with Crippen molar-refractivity contribution >= 4 is 23.4 Å². The van der Waals surface area contributed by atoms with E-state index in [0.29, 0.717) is 26.1 Å². The summed E-state index contributed by atoms with van der Waals surface area (Å²) in [6.45, 7) is 7.54. The third kappa shape index (κ3) is 3.69. The zero-order chi connectivity index (χ0) is 25.6. The second-order valence-electron chi connectivity index (χ2n) is 10.3. The lowest BCUT2D eigenvalue weighted by atomic mass is 9.77. The molecule has 5 atom stereocenters. The number of fused-ring (bicyclic) bond motifs is 2.